The van der Waals surface area contributed by atoms with E-state index < -0.39 is 11.6 Å². The van der Waals surface area contributed by atoms with Gasteiger partial charge in [0.05, 0.1) is 5.02 Å². The van der Waals surface area contributed by atoms with E-state index in [0.717, 1.165) is 6.07 Å². The smallest absolute Gasteiger partial charge is 0.144 e. The van der Waals surface area contributed by atoms with Gasteiger partial charge >= 0.3 is 0 Å². The van der Waals surface area contributed by atoms with Crippen molar-refractivity contribution in [3.05, 3.63) is 34.4 Å². The molecule has 1 unspecified atom stereocenters. The molecule has 1 rings (SSSR count). The summed E-state index contributed by atoms with van der Waals surface area (Å²) in [6.07, 6.45) is 0. The standard InChI is InChI=1S/C9H9ClF2O/c1-5(4-13)6-2-7(10)9(12)3-8(6)11/h2-3,5,13H,4H2,1H3. The fourth-order valence-corrected chi connectivity index (χ4v) is 1.19. The lowest BCUT2D eigenvalue weighted by molar-refractivity contribution is 0.270. The predicted octanol–water partition coefficient (Wildman–Crippen LogP) is 2.71. The number of benzene rings is 1. The molecule has 13 heavy (non-hydrogen) atoms. The zero-order valence-electron chi connectivity index (χ0n) is 7.02. The topological polar surface area (TPSA) is 20.2 Å². The quantitative estimate of drug-likeness (QED) is 0.738. The molecule has 0 amide bonds. The van der Waals surface area contributed by atoms with Gasteiger partial charge < -0.3 is 5.11 Å². The highest BCUT2D eigenvalue weighted by Gasteiger charge is 2.13. The SMILES string of the molecule is CC(CO)c1cc(Cl)c(F)cc1F. The second kappa shape index (κ2) is 4.03. The normalized spacial score (nSPS) is 13.0. The summed E-state index contributed by atoms with van der Waals surface area (Å²) in [7, 11) is 0. The van der Waals surface area contributed by atoms with Crippen LogP contribution in [-0.4, -0.2) is 11.7 Å². The summed E-state index contributed by atoms with van der Waals surface area (Å²) in [5.74, 6) is -1.84. The van der Waals surface area contributed by atoms with E-state index >= 15 is 0 Å². The van der Waals surface area contributed by atoms with Gasteiger partial charge in [0.25, 0.3) is 0 Å². The zero-order valence-corrected chi connectivity index (χ0v) is 7.78. The van der Waals surface area contributed by atoms with Crippen LogP contribution in [0.2, 0.25) is 5.02 Å². The summed E-state index contributed by atoms with van der Waals surface area (Å²) in [5.41, 5.74) is 0.230. The van der Waals surface area contributed by atoms with Crippen molar-refractivity contribution in [1.82, 2.24) is 0 Å². The third-order valence-electron chi connectivity index (χ3n) is 1.84. The molecule has 1 atom stereocenters. The van der Waals surface area contributed by atoms with Gasteiger partial charge in [-0.1, -0.05) is 18.5 Å². The average molecular weight is 207 g/mol. The van der Waals surface area contributed by atoms with E-state index in [4.69, 9.17) is 16.7 Å². The number of rotatable bonds is 2. The Morgan fingerprint density at radius 1 is 1.38 bits per heavy atom. The molecule has 0 radical (unpaired) electrons. The number of aliphatic hydroxyl groups excluding tert-OH is 1. The zero-order chi connectivity index (χ0) is 10.0. The molecular weight excluding hydrogens is 198 g/mol. The highest BCUT2D eigenvalue weighted by atomic mass is 35.5. The minimum Gasteiger partial charge on any atom is -0.396 e. The molecule has 1 N–H and O–H groups in total. The van der Waals surface area contributed by atoms with Crippen LogP contribution < -0.4 is 0 Å². The fraction of sp³-hybridized carbons (Fsp3) is 0.333. The van der Waals surface area contributed by atoms with Gasteiger partial charge in [0.2, 0.25) is 0 Å². The lowest BCUT2D eigenvalue weighted by atomic mass is 10.0. The van der Waals surface area contributed by atoms with E-state index in [9.17, 15) is 8.78 Å². The first-order chi connectivity index (χ1) is 6.06. The van der Waals surface area contributed by atoms with Crippen LogP contribution >= 0.6 is 11.6 Å². The lowest BCUT2D eigenvalue weighted by Gasteiger charge is -2.09. The molecule has 0 saturated carbocycles. The summed E-state index contributed by atoms with van der Waals surface area (Å²) >= 11 is 5.46. The average Bonchev–Trinajstić information content (AvgIpc) is 2.10. The lowest BCUT2D eigenvalue weighted by Crippen LogP contribution is -2.02. The minimum atomic E-state index is -0.784. The Labute approximate surface area is 80.0 Å². The number of hydrogen-bond donors (Lipinski definition) is 1. The Morgan fingerprint density at radius 3 is 2.54 bits per heavy atom. The molecule has 1 nitrogen and oxygen atoms in total. The Hall–Kier alpha value is -0.670. The summed E-state index contributed by atoms with van der Waals surface area (Å²) in [6, 6.07) is 1.93. The molecule has 0 heterocycles. The van der Waals surface area contributed by atoms with Crippen molar-refractivity contribution in [3.63, 3.8) is 0 Å². The molecule has 0 spiro atoms. The van der Waals surface area contributed by atoms with Gasteiger partial charge in [-0.15, -0.1) is 0 Å². The van der Waals surface area contributed by atoms with Crippen molar-refractivity contribution in [3.8, 4) is 0 Å². The van der Waals surface area contributed by atoms with Gasteiger partial charge in [0.1, 0.15) is 11.6 Å². The largest absolute Gasteiger partial charge is 0.396 e. The number of hydrogen-bond acceptors (Lipinski definition) is 1. The van der Waals surface area contributed by atoms with Crippen LogP contribution in [0.3, 0.4) is 0 Å². The maximum atomic E-state index is 13.1. The van der Waals surface area contributed by atoms with Crippen LogP contribution in [-0.2, 0) is 0 Å². The van der Waals surface area contributed by atoms with Crippen molar-refractivity contribution in [2.75, 3.05) is 6.61 Å². The molecule has 0 saturated heterocycles. The second-order valence-corrected chi connectivity index (χ2v) is 3.28. The van der Waals surface area contributed by atoms with Crippen molar-refractivity contribution in [2.45, 2.75) is 12.8 Å². The third-order valence-corrected chi connectivity index (χ3v) is 2.13. The first-order valence-corrected chi connectivity index (χ1v) is 4.19. The van der Waals surface area contributed by atoms with Crippen molar-refractivity contribution in [1.29, 1.82) is 0 Å². The first-order valence-electron chi connectivity index (χ1n) is 3.81. The molecule has 0 aliphatic heterocycles. The molecule has 1 aromatic carbocycles. The van der Waals surface area contributed by atoms with Gasteiger partial charge in [-0.2, -0.15) is 0 Å². The number of halogens is 3. The van der Waals surface area contributed by atoms with Crippen molar-refractivity contribution < 1.29 is 13.9 Å². The van der Waals surface area contributed by atoms with Gasteiger partial charge in [-0.25, -0.2) is 8.78 Å². The number of aliphatic hydroxyl groups is 1. The van der Waals surface area contributed by atoms with Crippen LogP contribution in [0.15, 0.2) is 12.1 Å². The highest BCUT2D eigenvalue weighted by molar-refractivity contribution is 6.30. The predicted molar refractivity (Wildman–Crippen MR) is 46.9 cm³/mol. The molecule has 0 aromatic heterocycles. The van der Waals surface area contributed by atoms with Gasteiger partial charge in [-0.05, 0) is 11.6 Å². The summed E-state index contributed by atoms with van der Waals surface area (Å²) < 4.78 is 25.8. The van der Waals surface area contributed by atoms with Crippen LogP contribution in [0.1, 0.15) is 18.4 Å². The first kappa shape index (κ1) is 10.4. The summed E-state index contributed by atoms with van der Waals surface area (Å²) in [4.78, 5) is 0. The maximum Gasteiger partial charge on any atom is 0.144 e. The van der Waals surface area contributed by atoms with Crippen LogP contribution in [0.25, 0.3) is 0 Å². The second-order valence-electron chi connectivity index (χ2n) is 2.87. The van der Waals surface area contributed by atoms with Crippen molar-refractivity contribution >= 4 is 11.6 Å². The molecule has 0 fully saturated rings. The molecule has 0 bridgehead atoms. The molecule has 0 aliphatic carbocycles. The minimum absolute atomic E-state index is 0.128. The summed E-state index contributed by atoms with van der Waals surface area (Å²) in [5, 5.41) is 8.64. The van der Waals surface area contributed by atoms with Crippen LogP contribution in [0.5, 0.6) is 0 Å². The van der Waals surface area contributed by atoms with Crippen molar-refractivity contribution in [2.24, 2.45) is 0 Å². The van der Waals surface area contributed by atoms with E-state index in [-0.39, 0.29) is 23.1 Å². The van der Waals surface area contributed by atoms with Crippen LogP contribution in [0.4, 0.5) is 8.78 Å². The molecule has 4 heteroatoms. The monoisotopic (exact) mass is 206 g/mol. The Balaban J connectivity index is 3.15. The van der Waals surface area contributed by atoms with E-state index in [1.54, 1.807) is 6.92 Å². The van der Waals surface area contributed by atoms with Gasteiger partial charge in [0, 0.05) is 18.6 Å². The van der Waals surface area contributed by atoms with E-state index in [2.05, 4.69) is 0 Å². The highest BCUT2D eigenvalue weighted by Crippen LogP contribution is 2.24. The fourth-order valence-electron chi connectivity index (χ4n) is 1.01. The van der Waals surface area contributed by atoms with E-state index in [1.807, 2.05) is 0 Å². The maximum absolute atomic E-state index is 13.1. The Morgan fingerprint density at radius 2 is 2.00 bits per heavy atom. The molecule has 1 aromatic rings. The summed E-state index contributed by atoms with van der Waals surface area (Å²) in [6.45, 7) is 1.44. The van der Waals surface area contributed by atoms with E-state index in [1.165, 1.54) is 6.07 Å². The Kier molecular flexibility index (Phi) is 3.22. The third kappa shape index (κ3) is 2.17. The molecule has 0 aliphatic rings. The molecular formula is C9H9ClF2O. The van der Waals surface area contributed by atoms with Gasteiger partial charge in [-0.3, -0.25) is 0 Å². The molecule has 72 valence electrons. The Bertz CT molecular complexity index is 315. The van der Waals surface area contributed by atoms with Gasteiger partial charge in [0.15, 0.2) is 0 Å². The van der Waals surface area contributed by atoms with E-state index in [0.29, 0.717) is 0 Å². The van der Waals surface area contributed by atoms with Crippen LogP contribution in [0, 0.1) is 11.6 Å².